The first-order valence-corrected chi connectivity index (χ1v) is 7.29. The van der Waals surface area contributed by atoms with Crippen molar-refractivity contribution in [3.8, 4) is 5.75 Å². The molecule has 1 aromatic carbocycles. The van der Waals surface area contributed by atoms with Crippen molar-refractivity contribution in [2.45, 2.75) is 19.5 Å². The maximum atomic E-state index is 11.9. The van der Waals surface area contributed by atoms with E-state index >= 15 is 0 Å². The third kappa shape index (κ3) is 4.48. The van der Waals surface area contributed by atoms with E-state index in [0.717, 1.165) is 9.87 Å². The van der Waals surface area contributed by atoms with Gasteiger partial charge < -0.3 is 9.84 Å². The zero-order valence-corrected chi connectivity index (χ0v) is 12.3. The number of aliphatic carboxylic acids is 1. The monoisotopic (exact) mass is 302 g/mol. The first-order chi connectivity index (χ1) is 9.26. The van der Waals surface area contributed by atoms with Crippen LogP contribution in [0.1, 0.15) is 12.5 Å². The molecule has 1 aromatic rings. The summed E-state index contributed by atoms with van der Waals surface area (Å²) in [6.07, 6.45) is 0. The van der Waals surface area contributed by atoms with Gasteiger partial charge in [0.05, 0.1) is 7.11 Å². The van der Waals surface area contributed by atoms with Gasteiger partial charge in [-0.2, -0.15) is 17.4 Å². The highest BCUT2D eigenvalue weighted by atomic mass is 32.2. The zero-order chi connectivity index (χ0) is 15.3. The maximum Gasteiger partial charge on any atom is 0.321 e. The second-order valence-corrected chi connectivity index (χ2v) is 6.10. The second-order valence-electron chi connectivity index (χ2n) is 4.29. The van der Waals surface area contributed by atoms with Crippen LogP contribution in [0, 0.1) is 0 Å². The van der Waals surface area contributed by atoms with Gasteiger partial charge in [-0.05, 0) is 24.6 Å². The standard InChI is InChI=1S/C12H18N2O5S/c1-9(12(15)16)13-20(17,18)14(2)8-10-5-4-6-11(7-10)19-3/h4-7,9,13H,8H2,1-3H3,(H,15,16)/t9-/m0/s1. The summed E-state index contributed by atoms with van der Waals surface area (Å²) in [7, 11) is -0.966. The molecule has 0 spiro atoms. The van der Waals surface area contributed by atoms with Crippen LogP contribution < -0.4 is 9.46 Å². The molecular weight excluding hydrogens is 284 g/mol. The van der Waals surface area contributed by atoms with E-state index in [1.165, 1.54) is 21.1 Å². The first-order valence-electron chi connectivity index (χ1n) is 5.85. The minimum atomic E-state index is -3.86. The van der Waals surface area contributed by atoms with Gasteiger partial charge in [-0.25, -0.2) is 0 Å². The predicted octanol–water partition coefficient (Wildman–Crippen LogP) is 0.434. The van der Waals surface area contributed by atoms with Crippen LogP contribution in [0.5, 0.6) is 5.75 Å². The van der Waals surface area contributed by atoms with Crippen molar-refractivity contribution in [1.82, 2.24) is 9.03 Å². The number of rotatable bonds is 7. The Morgan fingerprint density at radius 2 is 2.15 bits per heavy atom. The number of carbonyl (C=O) groups is 1. The molecule has 112 valence electrons. The molecule has 0 aliphatic carbocycles. The molecule has 0 unspecified atom stereocenters. The molecule has 1 atom stereocenters. The minimum absolute atomic E-state index is 0.110. The summed E-state index contributed by atoms with van der Waals surface area (Å²) < 4.78 is 32.0. The van der Waals surface area contributed by atoms with Crippen LogP contribution in [0.2, 0.25) is 0 Å². The minimum Gasteiger partial charge on any atom is -0.497 e. The molecular formula is C12H18N2O5S. The van der Waals surface area contributed by atoms with Gasteiger partial charge in [-0.1, -0.05) is 12.1 Å². The van der Waals surface area contributed by atoms with Crippen LogP contribution in [0.4, 0.5) is 0 Å². The van der Waals surface area contributed by atoms with E-state index in [1.807, 2.05) is 0 Å². The van der Waals surface area contributed by atoms with Gasteiger partial charge in [-0.15, -0.1) is 0 Å². The van der Waals surface area contributed by atoms with E-state index in [-0.39, 0.29) is 6.54 Å². The lowest BCUT2D eigenvalue weighted by molar-refractivity contribution is -0.138. The van der Waals surface area contributed by atoms with Crippen molar-refractivity contribution in [3.05, 3.63) is 29.8 Å². The number of hydrogen-bond acceptors (Lipinski definition) is 4. The van der Waals surface area contributed by atoms with Crippen LogP contribution in [0.3, 0.4) is 0 Å². The third-order valence-corrected chi connectivity index (χ3v) is 4.25. The fourth-order valence-electron chi connectivity index (χ4n) is 1.48. The van der Waals surface area contributed by atoms with Gasteiger partial charge in [-0.3, -0.25) is 4.79 Å². The highest BCUT2D eigenvalue weighted by molar-refractivity contribution is 7.87. The van der Waals surface area contributed by atoms with Crippen LogP contribution in [-0.4, -0.2) is 44.0 Å². The smallest absolute Gasteiger partial charge is 0.321 e. The van der Waals surface area contributed by atoms with Gasteiger partial charge in [0.15, 0.2) is 0 Å². The molecule has 0 aliphatic heterocycles. The Hall–Kier alpha value is -1.64. The molecule has 0 aliphatic rings. The van der Waals surface area contributed by atoms with E-state index < -0.39 is 22.2 Å². The summed E-state index contributed by atoms with van der Waals surface area (Å²) in [6, 6.07) is 5.79. The molecule has 20 heavy (non-hydrogen) atoms. The molecule has 8 heteroatoms. The molecule has 0 saturated carbocycles. The van der Waals surface area contributed by atoms with Gasteiger partial charge >= 0.3 is 5.97 Å². The molecule has 7 nitrogen and oxygen atoms in total. The number of hydrogen-bond donors (Lipinski definition) is 2. The second kappa shape index (κ2) is 6.69. The zero-order valence-electron chi connectivity index (χ0n) is 11.5. The summed E-state index contributed by atoms with van der Waals surface area (Å²) in [4.78, 5) is 10.7. The highest BCUT2D eigenvalue weighted by Gasteiger charge is 2.23. The lowest BCUT2D eigenvalue weighted by atomic mass is 10.2. The van der Waals surface area contributed by atoms with E-state index in [2.05, 4.69) is 4.72 Å². The molecule has 0 radical (unpaired) electrons. The number of carboxylic acid groups (broad SMARTS) is 1. The van der Waals surface area contributed by atoms with Crippen molar-refractivity contribution in [2.24, 2.45) is 0 Å². The predicted molar refractivity (Wildman–Crippen MR) is 73.6 cm³/mol. The Morgan fingerprint density at radius 3 is 2.70 bits per heavy atom. The number of ether oxygens (including phenoxy) is 1. The van der Waals surface area contributed by atoms with Crippen LogP contribution in [-0.2, 0) is 21.5 Å². The highest BCUT2D eigenvalue weighted by Crippen LogP contribution is 2.14. The fourth-order valence-corrected chi connectivity index (χ4v) is 2.52. The lowest BCUT2D eigenvalue weighted by Gasteiger charge is -2.19. The number of methoxy groups -OCH3 is 1. The molecule has 1 rings (SSSR count). The van der Waals surface area contributed by atoms with E-state index in [9.17, 15) is 13.2 Å². The number of nitrogens with zero attached hydrogens (tertiary/aromatic N) is 1. The Balaban J connectivity index is 2.78. The molecule has 0 amide bonds. The van der Waals surface area contributed by atoms with Crippen LogP contribution >= 0.6 is 0 Å². The Bertz CT molecular complexity index is 573. The molecule has 2 N–H and O–H groups in total. The van der Waals surface area contributed by atoms with Crippen LogP contribution in [0.15, 0.2) is 24.3 Å². The van der Waals surface area contributed by atoms with Crippen LogP contribution in [0.25, 0.3) is 0 Å². The Labute approximate surface area is 118 Å². The summed E-state index contributed by atoms with van der Waals surface area (Å²) in [6.45, 7) is 1.37. The molecule has 0 saturated heterocycles. The van der Waals surface area contributed by atoms with E-state index in [1.54, 1.807) is 24.3 Å². The van der Waals surface area contributed by atoms with Gasteiger partial charge in [0.1, 0.15) is 11.8 Å². The Morgan fingerprint density at radius 1 is 1.50 bits per heavy atom. The quantitative estimate of drug-likeness (QED) is 0.761. The van der Waals surface area contributed by atoms with E-state index in [0.29, 0.717) is 5.75 Å². The normalized spacial score (nSPS) is 13.2. The Kier molecular flexibility index (Phi) is 5.49. The van der Waals surface area contributed by atoms with Gasteiger partial charge in [0.2, 0.25) is 0 Å². The largest absolute Gasteiger partial charge is 0.497 e. The van der Waals surface area contributed by atoms with Crippen molar-refractivity contribution in [1.29, 1.82) is 0 Å². The summed E-state index contributed by atoms with van der Waals surface area (Å²) in [5.41, 5.74) is 0.736. The third-order valence-electron chi connectivity index (χ3n) is 2.65. The average Bonchev–Trinajstić information content (AvgIpc) is 2.38. The topological polar surface area (TPSA) is 95.9 Å². The van der Waals surface area contributed by atoms with E-state index in [4.69, 9.17) is 9.84 Å². The summed E-state index contributed by atoms with van der Waals surface area (Å²) in [5, 5.41) is 8.72. The van der Waals surface area contributed by atoms with Crippen molar-refractivity contribution >= 4 is 16.2 Å². The summed E-state index contributed by atoms with van der Waals surface area (Å²) >= 11 is 0. The average molecular weight is 302 g/mol. The van der Waals surface area contributed by atoms with Gasteiger partial charge in [0, 0.05) is 13.6 Å². The number of nitrogens with one attached hydrogen (secondary N) is 1. The molecule has 0 fully saturated rings. The molecule has 0 aromatic heterocycles. The lowest BCUT2D eigenvalue weighted by Crippen LogP contribution is -2.45. The SMILES string of the molecule is COc1cccc(CN(C)S(=O)(=O)N[C@@H](C)C(=O)O)c1. The first kappa shape index (κ1) is 16.4. The van der Waals surface area contributed by atoms with Gasteiger partial charge in [0.25, 0.3) is 10.2 Å². The maximum absolute atomic E-state index is 11.9. The molecule has 0 bridgehead atoms. The number of benzene rings is 1. The number of carboxylic acids is 1. The van der Waals surface area contributed by atoms with Crippen molar-refractivity contribution < 1.29 is 23.1 Å². The summed E-state index contributed by atoms with van der Waals surface area (Å²) in [5.74, 6) is -0.608. The molecule has 0 heterocycles. The van der Waals surface area contributed by atoms with Crippen molar-refractivity contribution in [3.63, 3.8) is 0 Å². The van der Waals surface area contributed by atoms with Crippen molar-refractivity contribution in [2.75, 3.05) is 14.2 Å². The fraction of sp³-hybridized carbons (Fsp3) is 0.417.